The molecule has 0 unspecified atom stereocenters. The predicted molar refractivity (Wildman–Crippen MR) is 183 cm³/mol. The number of carboxylic acid groups (broad SMARTS) is 1. The van der Waals surface area contributed by atoms with Gasteiger partial charge in [-0.15, -0.1) is 0 Å². The Balaban J connectivity index is 1.04. The van der Waals surface area contributed by atoms with Crippen LogP contribution in [0.2, 0.25) is 0 Å². The van der Waals surface area contributed by atoms with E-state index in [1.54, 1.807) is 6.26 Å². The molecule has 4 aliphatic carbocycles. The summed E-state index contributed by atoms with van der Waals surface area (Å²) in [5, 5.41) is 24.4. The number of rotatable bonds is 14. The van der Waals surface area contributed by atoms with E-state index >= 15 is 0 Å². The number of amides is 1. The van der Waals surface area contributed by atoms with Crippen LogP contribution in [0.25, 0.3) is 0 Å². The number of fused-ring (bicyclic) bond motifs is 5. The van der Waals surface area contributed by atoms with Crippen LogP contribution in [0.3, 0.4) is 0 Å². The number of nitrogens with zero attached hydrogens (tertiary/aromatic N) is 1. The molecule has 0 aliphatic heterocycles. The van der Waals surface area contributed by atoms with Gasteiger partial charge < -0.3 is 36.2 Å². The van der Waals surface area contributed by atoms with E-state index in [1.807, 2.05) is 6.07 Å². The van der Waals surface area contributed by atoms with Crippen molar-refractivity contribution in [2.45, 2.75) is 140 Å². The summed E-state index contributed by atoms with van der Waals surface area (Å²) in [6, 6.07) is 2.37. The summed E-state index contributed by atoms with van der Waals surface area (Å²) in [4.78, 5) is 52.0. The third-order valence-corrected chi connectivity index (χ3v) is 13.1. The Morgan fingerprint density at radius 3 is 2.49 bits per heavy atom. The highest BCUT2D eigenvalue weighted by Crippen LogP contribution is 2.70. The van der Waals surface area contributed by atoms with E-state index in [4.69, 9.17) is 20.6 Å². The number of nitrogens with two attached hydrogens (primary N) is 2. The Bertz CT molecular complexity index is 1420. The number of aliphatic imine (C=N–C) groups is 1. The minimum absolute atomic E-state index is 0.0557. The van der Waals surface area contributed by atoms with E-state index in [2.05, 4.69) is 24.2 Å². The van der Waals surface area contributed by atoms with E-state index in [0.29, 0.717) is 50.5 Å². The van der Waals surface area contributed by atoms with Gasteiger partial charge in [0.15, 0.2) is 5.96 Å². The van der Waals surface area contributed by atoms with Crippen molar-refractivity contribution in [2.24, 2.45) is 45.0 Å². The molecule has 4 saturated carbocycles. The quantitative estimate of drug-likeness (QED) is 0.0809. The fourth-order valence-electron chi connectivity index (χ4n) is 10.4. The first kappa shape index (κ1) is 36.9. The summed E-state index contributed by atoms with van der Waals surface area (Å²) in [5.41, 5.74) is 10.3. The zero-order valence-electron chi connectivity index (χ0n) is 29.2. The molecule has 0 bridgehead atoms. The van der Waals surface area contributed by atoms with Gasteiger partial charge in [0.25, 0.3) is 0 Å². The van der Waals surface area contributed by atoms with E-state index in [0.717, 1.165) is 63.4 Å². The normalized spacial score (nSPS) is 34.1. The van der Waals surface area contributed by atoms with Gasteiger partial charge in [0.1, 0.15) is 12.1 Å². The Kier molecular flexibility index (Phi) is 11.5. The fraction of sp³-hybridized carbons (Fsp3) is 0.757. The minimum atomic E-state index is -1.10. The molecule has 12 nitrogen and oxygen atoms in total. The first-order valence-corrected chi connectivity index (χ1v) is 18.3. The van der Waals surface area contributed by atoms with Crippen molar-refractivity contribution in [3.8, 4) is 0 Å². The third-order valence-electron chi connectivity index (χ3n) is 13.1. The second kappa shape index (κ2) is 15.2. The maximum atomic E-state index is 12.8. The van der Waals surface area contributed by atoms with Crippen LogP contribution in [0.5, 0.6) is 0 Å². The van der Waals surface area contributed by atoms with E-state index < -0.39 is 17.6 Å². The lowest BCUT2D eigenvalue weighted by Crippen LogP contribution is -2.62. The minimum Gasteiger partial charge on any atom is -0.480 e. The van der Waals surface area contributed by atoms with Gasteiger partial charge in [0, 0.05) is 30.9 Å². The van der Waals surface area contributed by atoms with E-state index in [-0.39, 0.29) is 65.1 Å². The van der Waals surface area contributed by atoms with Crippen LogP contribution in [0.15, 0.2) is 32.6 Å². The Morgan fingerprint density at radius 2 is 1.78 bits per heavy atom. The molecule has 272 valence electrons. The largest absolute Gasteiger partial charge is 0.480 e. The fourth-order valence-corrected chi connectivity index (χ4v) is 10.4. The lowest BCUT2D eigenvalue weighted by molar-refractivity contribution is -0.207. The molecule has 1 aromatic heterocycles. The number of nitrogens with one attached hydrogen (secondary N) is 1. The summed E-state index contributed by atoms with van der Waals surface area (Å²) in [5.74, 6) is -0.390. The first-order chi connectivity index (χ1) is 23.3. The van der Waals surface area contributed by atoms with Crippen molar-refractivity contribution in [1.82, 2.24) is 5.32 Å². The maximum Gasteiger partial charge on any atom is 0.335 e. The number of aliphatic hydroxyl groups is 1. The maximum absolute atomic E-state index is 12.8. The summed E-state index contributed by atoms with van der Waals surface area (Å²) < 4.78 is 11.2. The van der Waals surface area contributed by atoms with Crippen LogP contribution < -0.4 is 22.4 Å². The Morgan fingerprint density at radius 1 is 1.00 bits per heavy atom. The van der Waals surface area contributed by atoms with Crippen molar-refractivity contribution >= 4 is 23.8 Å². The van der Waals surface area contributed by atoms with Crippen molar-refractivity contribution < 1.29 is 33.8 Å². The molecule has 0 saturated heterocycles. The molecule has 1 aromatic rings. The lowest BCUT2D eigenvalue weighted by atomic mass is 9.43. The average molecular weight is 685 g/mol. The molecule has 12 heteroatoms. The smallest absolute Gasteiger partial charge is 0.335 e. The lowest BCUT2D eigenvalue weighted by Gasteiger charge is -2.63. The van der Waals surface area contributed by atoms with Gasteiger partial charge in [-0.05, 0) is 124 Å². The topological polar surface area (TPSA) is 208 Å². The molecule has 4 aliphatic rings. The first-order valence-electron chi connectivity index (χ1n) is 18.3. The van der Waals surface area contributed by atoms with Gasteiger partial charge >= 0.3 is 17.6 Å². The van der Waals surface area contributed by atoms with E-state index in [9.17, 15) is 29.4 Å². The molecule has 1 heterocycles. The van der Waals surface area contributed by atoms with Crippen LogP contribution in [0.4, 0.5) is 0 Å². The van der Waals surface area contributed by atoms with Gasteiger partial charge in [-0.3, -0.25) is 14.6 Å². The molecule has 49 heavy (non-hydrogen) atoms. The molecule has 0 radical (unpaired) electrons. The summed E-state index contributed by atoms with van der Waals surface area (Å²) in [6.45, 7) is 4.96. The molecule has 0 aromatic carbocycles. The SMILES string of the molecule is C[C@]12CC[C@H](OC(=O)CCCCCC(=O)N[C@@H](CCCN=C(N)N)C(=O)O)C[C@H]1CC[C@@H]1[C@@H]2CC[C@]2(C)[C@H](c3ccc(=O)oc3)CC[C@]12O. The molecule has 5 rings (SSSR count). The molecular formula is C37H56N4O8. The number of hydrogen-bond acceptors (Lipinski definition) is 8. The second-order valence-electron chi connectivity index (χ2n) is 15.7. The number of ether oxygens (including phenoxy) is 1. The number of unbranched alkanes of at least 4 members (excludes halogenated alkanes) is 2. The van der Waals surface area contributed by atoms with Crippen LogP contribution in [0.1, 0.15) is 128 Å². The van der Waals surface area contributed by atoms with Crippen LogP contribution in [0, 0.1) is 28.6 Å². The number of esters is 1. The molecule has 9 atom stereocenters. The average Bonchev–Trinajstić information content (AvgIpc) is 3.33. The van der Waals surface area contributed by atoms with Crippen LogP contribution in [-0.4, -0.2) is 58.3 Å². The molecule has 7 N–H and O–H groups in total. The van der Waals surface area contributed by atoms with E-state index in [1.165, 1.54) is 6.07 Å². The zero-order valence-corrected chi connectivity index (χ0v) is 29.2. The third kappa shape index (κ3) is 7.84. The summed E-state index contributed by atoms with van der Waals surface area (Å²) in [6.07, 6.45) is 12.8. The predicted octanol–water partition coefficient (Wildman–Crippen LogP) is 4.37. The number of guanidine groups is 1. The standard InChI is InChI=1S/C37H56N4O8/c1-35-17-14-25(49-32(44)9-5-3-4-8-30(42)41-29(33(45)46)7-6-20-40-34(38)39)21-24(35)11-12-28-27(35)15-18-36(2)26(16-19-37(28,36)47)23-10-13-31(43)48-22-23/h10,13,22,24-29,47H,3-9,11-12,14-21H2,1-2H3,(H,41,42)(H,45,46)(H4,38,39,40)/t24-,25+,26+,27+,28-,29+,35+,36-,37+/m1/s1. The van der Waals surface area contributed by atoms with Crippen molar-refractivity contribution in [3.05, 3.63) is 34.4 Å². The van der Waals surface area contributed by atoms with Gasteiger partial charge in [0.05, 0.1) is 11.9 Å². The zero-order chi connectivity index (χ0) is 35.4. The number of hydrogen-bond donors (Lipinski definition) is 5. The van der Waals surface area contributed by atoms with Crippen molar-refractivity contribution in [1.29, 1.82) is 0 Å². The summed E-state index contributed by atoms with van der Waals surface area (Å²) >= 11 is 0. The highest BCUT2D eigenvalue weighted by molar-refractivity contribution is 5.83. The van der Waals surface area contributed by atoms with Crippen LogP contribution in [-0.2, 0) is 19.1 Å². The molecule has 1 amide bonds. The second-order valence-corrected chi connectivity index (χ2v) is 15.7. The van der Waals surface area contributed by atoms with Crippen molar-refractivity contribution in [2.75, 3.05) is 6.54 Å². The van der Waals surface area contributed by atoms with Crippen molar-refractivity contribution in [3.63, 3.8) is 0 Å². The Hall–Kier alpha value is -3.41. The highest BCUT2D eigenvalue weighted by atomic mass is 16.5. The number of carboxylic acids is 1. The monoisotopic (exact) mass is 684 g/mol. The molecule has 4 fully saturated rings. The highest BCUT2D eigenvalue weighted by Gasteiger charge is 2.67. The molecule has 0 spiro atoms. The van der Waals surface area contributed by atoms with Gasteiger partial charge in [-0.25, -0.2) is 9.59 Å². The summed E-state index contributed by atoms with van der Waals surface area (Å²) in [7, 11) is 0. The van der Waals surface area contributed by atoms with Gasteiger partial charge in [-0.2, -0.15) is 0 Å². The van der Waals surface area contributed by atoms with Gasteiger partial charge in [-0.1, -0.05) is 20.3 Å². The van der Waals surface area contributed by atoms with Crippen LogP contribution >= 0.6 is 0 Å². The number of carbonyl (C=O) groups is 3. The number of aliphatic carboxylic acids is 1. The van der Waals surface area contributed by atoms with Gasteiger partial charge in [0.2, 0.25) is 5.91 Å². The number of carbonyl (C=O) groups excluding carboxylic acids is 2. The molecular weight excluding hydrogens is 628 g/mol. The Labute approximate surface area is 288 Å².